The lowest BCUT2D eigenvalue weighted by Gasteiger charge is -2.19. The Morgan fingerprint density at radius 2 is 2.05 bits per heavy atom. The standard InChI is InChI=1S/C12H15N3O3S/c1-12(2,3)17-9(16)6-19-8-5-4-7(13)10-11(8)15-18-14-10/h4-5H,6,13H2,1-3H3. The van der Waals surface area contributed by atoms with Gasteiger partial charge in [-0.25, -0.2) is 4.63 Å². The number of ether oxygens (including phenoxy) is 1. The molecule has 2 rings (SSSR count). The summed E-state index contributed by atoms with van der Waals surface area (Å²) in [6.07, 6.45) is 0. The molecule has 102 valence electrons. The monoisotopic (exact) mass is 281 g/mol. The number of anilines is 1. The van der Waals surface area contributed by atoms with Gasteiger partial charge >= 0.3 is 5.97 Å². The van der Waals surface area contributed by atoms with Gasteiger partial charge in [-0.05, 0) is 43.2 Å². The van der Waals surface area contributed by atoms with Gasteiger partial charge in [0.25, 0.3) is 0 Å². The molecule has 7 heteroatoms. The number of esters is 1. The Hall–Kier alpha value is -1.76. The van der Waals surface area contributed by atoms with Crippen LogP contribution in [-0.4, -0.2) is 27.6 Å². The van der Waals surface area contributed by atoms with E-state index >= 15 is 0 Å². The van der Waals surface area contributed by atoms with Crippen molar-refractivity contribution in [1.82, 2.24) is 10.3 Å². The van der Waals surface area contributed by atoms with Crippen molar-refractivity contribution >= 4 is 34.5 Å². The van der Waals surface area contributed by atoms with E-state index in [1.165, 1.54) is 11.8 Å². The second-order valence-corrected chi connectivity index (χ2v) is 6.01. The third kappa shape index (κ3) is 3.37. The van der Waals surface area contributed by atoms with Gasteiger partial charge in [-0.2, -0.15) is 0 Å². The molecule has 0 saturated heterocycles. The molecule has 0 radical (unpaired) electrons. The maximum atomic E-state index is 11.6. The third-order valence-electron chi connectivity index (χ3n) is 2.18. The van der Waals surface area contributed by atoms with E-state index in [9.17, 15) is 4.79 Å². The molecule has 1 aromatic carbocycles. The van der Waals surface area contributed by atoms with Gasteiger partial charge in [0.1, 0.15) is 5.60 Å². The highest BCUT2D eigenvalue weighted by Crippen LogP contribution is 2.29. The van der Waals surface area contributed by atoms with Crippen molar-refractivity contribution in [2.45, 2.75) is 31.3 Å². The van der Waals surface area contributed by atoms with E-state index in [2.05, 4.69) is 14.9 Å². The number of rotatable bonds is 3. The quantitative estimate of drug-likeness (QED) is 0.524. The van der Waals surface area contributed by atoms with Gasteiger partial charge in [0, 0.05) is 4.90 Å². The Balaban J connectivity index is 2.08. The molecule has 0 aliphatic carbocycles. The topological polar surface area (TPSA) is 91.2 Å². The van der Waals surface area contributed by atoms with Gasteiger partial charge in [0.15, 0.2) is 11.0 Å². The SMILES string of the molecule is CC(C)(C)OC(=O)CSc1ccc(N)c2nonc12. The molecule has 0 bridgehead atoms. The number of carbonyl (C=O) groups is 1. The molecule has 0 saturated carbocycles. The highest BCUT2D eigenvalue weighted by molar-refractivity contribution is 8.00. The molecule has 1 heterocycles. The van der Waals surface area contributed by atoms with Crippen LogP contribution in [0.4, 0.5) is 5.69 Å². The van der Waals surface area contributed by atoms with E-state index < -0.39 is 5.60 Å². The Kier molecular flexibility index (Phi) is 3.66. The van der Waals surface area contributed by atoms with Gasteiger partial charge in [-0.15, -0.1) is 11.8 Å². The van der Waals surface area contributed by atoms with Crippen molar-refractivity contribution in [3.8, 4) is 0 Å². The van der Waals surface area contributed by atoms with Crippen molar-refractivity contribution in [3.63, 3.8) is 0 Å². The Labute approximate surface area is 114 Å². The number of fused-ring (bicyclic) bond motifs is 1. The molecule has 0 unspecified atom stereocenters. The van der Waals surface area contributed by atoms with Gasteiger partial charge in [-0.1, -0.05) is 0 Å². The summed E-state index contributed by atoms with van der Waals surface area (Å²) < 4.78 is 9.90. The van der Waals surface area contributed by atoms with Crippen LogP contribution >= 0.6 is 11.8 Å². The van der Waals surface area contributed by atoms with Crippen LogP contribution in [0.5, 0.6) is 0 Å². The summed E-state index contributed by atoms with van der Waals surface area (Å²) in [5.74, 6) is -0.0812. The summed E-state index contributed by atoms with van der Waals surface area (Å²) in [6, 6.07) is 3.50. The lowest BCUT2D eigenvalue weighted by Crippen LogP contribution is -2.24. The lowest BCUT2D eigenvalue weighted by molar-refractivity contribution is -0.151. The van der Waals surface area contributed by atoms with Gasteiger partial charge in [-0.3, -0.25) is 4.79 Å². The fourth-order valence-corrected chi connectivity index (χ4v) is 2.25. The fraction of sp³-hybridized carbons (Fsp3) is 0.417. The zero-order valence-electron chi connectivity index (χ0n) is 11.0. The molecular formula is C12H15N3O3S. The van der Waals surface area contributed by atoms with Crippen LogP contribution in [0.1, 0.15) is 20.8 Å². The molecule has 0 fully saturated rings. The van der Waals surface area contributed by atoms with Crippen molar-refractivity contribution in [2.75, 3.05) is 11.5 Å². The number of nitrogen functional groups attached to an aromatic ring is 1. The minimum Gasteiger partial charge on any atom is -0.459 e. The van der Waals surface area contributed by atoms with Crippen LogP contribution in [-0.2, 0) is 9.53 Å². The highest BCUT2D eigenvalue weighted by atomic mass is 32.2. The summed E-state index contributed by atoms with van der Waals surface area (Å²) in [6.45, 7) is 5.50. The van der Waals surface area contributed by atoms with Crippen LogP contribution in [0, 0.1) is 0 Å². The van der Waals surface area contributed by atoms with Crippen molar-refractivity contribution in [1.29, 1.82) is 0 Å². The predicted octanol–water partition coefficient (Wildman–Crippen LogP) is 2.24. The maximum absolute atomic E-state index is 11.6. The number of nitrogens with two attached hydrogens (primary N) is 1. The molecule has 6 nitrogen and oxygen atoms in total. The molecule has 2 N–H and O–H groups in total. The maximum Gasteiger partial charge on any atom is 0.316 e. The average molecular weight is 281 g/mol. The largest absolute Gasteiger partial charge is 0.459 e. The first kappa shape index (κ1) is 13.7. The normalized spacial score (nSPS) is 11.7. The molecule has 1 aromatic heterocycles. The van der Waals surface area contributed by atoms with E-state index in [0.29, 0.717) is 16.7 Å². The molecule has 0 atom stereocenters. The zero-order chi connectivity index (χ0) is 14.0. The van der Waals surface area contributed by atoms with E-state index in [1.807, 2.05) is 20.8 Å². The van der Waals surface area contributed by atoms with Crippen LogP contribution in [0.25, 0.3) is 11.0 Å². The molecule has 0 aliphatic rings. The number of benzene rings is 1. The van der Waals surface area contributed by atoms with Crippen LogP contribution in [0.15, 0.2) is 21.7 Å². The van der Waals surface area contributed by atoms with Crippen molar-refractivity contribution < 1.29 is 14.2 Å². The minimum atomic E-state index is -0.483. The fourth-order valence-electron chi connectivity index (χ4n) is 1.49. The third-order valence-corrected chi connectivity index (χ3v) is 3.20. The Morgan fingerprint density at radius 3 is 2.74 bits per heavy atom. The summed E-state index contributed by atoms with van der Waals surface area (Å²) >= 11 is 1.32. The molecule has 19 heavy (non-hydrogen) atoms. The number of thioether (sulfide) groups is 1. The predicted molar refractivity (Wildman–Crippen MR) is 72.8 cm³/mol. The molecule has 0 aliphatic heterocycles. The molecular weight excluding hydrogens is 266 g/mol. The number of nitrogens with zero attached hydrogens (tertiary/aromatic N) is 2. The second-order valence-electron chi connectivity index (χ2n) is 4.99. The highest BCUT2D eigenvalue weighted by Gasteiger charge is 2.17. The first-order chi connectivity index (χ1) is 8.87. The number of aromatic nitrogens is 2. The zero-order valence-corrected chi connectivity index (χ0v) is 11.8. The van der Waals surface area contributed by atoms with Gasteiger partial charge in [0.2, 0.25) is 0 Å². The summed E-state index contributed by atoms with van der Waals surface area (Å²) in [5.41, 5.74) is 6.83. The molecule has 2 aromatic rings. The lowest BCUT2D eigenvalue weighted by atomic mass is 10.2. The van der Waals surface area contributed by atoms with Crippen LogP contribution in [0.3, 0.4) is 0 Å². The first-order valence-corrected chi connectivity index (χ1v) is 6.71. The number of hydrogen-bond donors (Lipinski definition) is 1. The smallest absolute Gasteiger partial charge is 0.316 e. The van der Waals surface area contributed by atoms with Crippen molar-refractivity contribution in [3.05, 3.63) is 12.1 Å². The molecule has 0 spiro atoms. The summed E-state index contributed by atoms with van der Waals surface area (Å²) in [5, 5.41) is 7.52. The first-order valence-electron chi connectivity index (χ1n) is 5.72. The molecule has 0 amide bonds. The van der Waals surface area contributed by atoms with Crippen molar-refractivity contribution in [2.24, 2.45) is 0 Å². The van der Waals surface area contributed by atoms with Gasteiger partial charge < -0.3 is 10.5 Å². The van der Waals surface area contributed by atoms with Crippen LogP contribution in [0.2, 0.25) is 0 Å². The number of hydrogen-bond acceptors (Lipinski definition) is 7. The Morgan fingerprint density at radius 1 is 1.37 bits per heavy atom. The number of carbonyl (C=O) groups excluding carboxylic acids is 1. The van der Waals surface area contributed by atoms with E-state index in [4.69, 9.17) is 10.5 Å². The minimum absolute atomic E-state index is 0.198. The summed E-state index contributed by atoms with van der Waals surface area (Å²) in [7, 11) is 0. The van der Waals surface area contributed by atoms with Gasteiger partial charge in [0.05, 0.1) is 11.4 Å². The Bertz CT molecular complexity index is 604. The van der Waals surface area contributed by atoms with E-state index in [-0.39, 0.29) is 11.7 Å². The summed E-state index contributed by atoms with van der Waals surface area (Å²) in [4.78, 5) is 12.4. The second kappa shape index (κ2) is 5.08. The van der Waals surface area contributed by atoms with E-state index in [0.717, 1.165) is 4.90 Å². The van der Waals surface area contributed by atoms with Crippen LogP contribution < -0.4 is 5.73 Å². The van der Waals surface area contributed by atoms with E-state index in [1.54, 1.807) is 12.1 Å². The average Bonchev–Trinajstić information content (AvgIpc) is 2.75.